The minimum absolute atomic E-state index is 0.0437. The molecule has 0 bridgehead atoms. The number of aliphatic hydroxyl groups is 1. The van der Waals surface area contributed by atoms with E-state index in [0.29, 0.717) is 79.1 Å². The third-order valence-corrected chi connectivity index (χ3v) is 19.5. The van der Waals surface area contributed by atoms with Crippen molar-refractivity contribution < 1.29 is 19.5 Å². The third-order valence-electron chi connectivity index (χ3n) is 19.5. The van der Waals surface area contributed by atoms with Crippen LogP contribution in [-0.2, 0) is 18.3 Å². The van der Waals surface area contributed by atoms with Crippen LogP contribution in [0.3, 0.4) is 0 Å². The molecular weight excluding hydrogens is 995 g/mol. The standard InChI is InChI=1S/C67H87N9O4/c1-5-66(3,4)65-75-56-29-25-50(35-59(56)76-65)63(78)69-41-45-18-13-14-22-47(31-45)52-33-53(38-67(80,37-52)39-61-72-55-27-24-49(34-58(55)74-61)62(77)68-40-43-16-9-6-7-10-17-43)48-23-15-19-44(30-48)32-60-71-54-28-26-51(36-57(54)73-60)64(79)70-42(2)46-20-11-8-12-21-46/h15,19,23-30,34-36,42-43,45-47,52-53,80H,5-14,16-18,20-22,31-33,37-41H2,1-4H3,(H,68,77)(H,69,78)(H,70,79)(H,71,73)(H,72,74)(H,75,76)/t42-,45?,47?,52?,53?,67?/m1/s1. The number of nitrogens with zero attached hydrogens (tertiary/aromatic N) is 3. The first-order valence-electron chi connectivity index (χ1n) is 30.9. The molecule has 13 nitrogen and oxygen atoms in total. The largest absolute Gasteiger partial charge is 0.389 e. The van der Waals surface area contributed by atoms with Gasteiger partial charge < -0.3 is 36.0 Å². The number of carbonyl (C=O) groups excluding carboxylic acids is 3. The molecule has 424 valence electrons. The number of benzene rings is 4. The average Bonchev–Trinajstić information content (AvgIpc) is 4.27. The maximum atomic E-state index is 13.8. The molecule has 4 saturated carbocycles. The SMILES string of the molecule is CCC(C)(C)c1nc2ccc(C(=O)NCC3CCCCC(C4CC(c5cccc(Cc6nc7cc(C(=O)N[C@H](C)C8CCCCC8)ccc7[nH]6)c5)CC(O)(Cc5nc6cc(C(=O)NCC7CCCCCC7)ccc6[nH]5)C4)C3)cc2[nH]1. The molecule has 0 saturated heterocycles. The zero-order valence-corrected chi connectivity index (χ0v) is 48.0. The van der Waals surface area contributed by atoms with E-state index in [4.69, 9.17) is 15.0 Å². The summed E-state index contributed by atoms with van der Waals surface area (Å²) in [5, 5.41) is 23.0. The summed E-state index contributed by atoms with van der Waals surface area (Å²) in [6.07, 6.45) is 23.1. The Morgan fingerprint density at radius 3 is 1.98 bits per heavy atom. The van der Waals surface area contributed by atoms with Gasteiger partial charge in [0.15, 0.2) is 0 Å². The van der Waals surface area contributed by atoms with E-state index >= 15 is 0 Å². The average molecular weight is 1080 g/mol. The third kappa shape index (κ3) is 13.2. The van der Waals surface area contributed by atoms with Crippen molar-refractivity contribution in [3.8, 4) is 0 Å². The number of imidazole rings is 3. The van der Waals surface area contributed by atoms with Gasteiger partial charge in [-0.3, -0.25) is 14.4 Å². The number of hydrogen-bond donors (Lipinski definition) is 7. The van der Waals surface area contributed by atoms with Crippen LogP contribution in [0.4, 0.5) is 0 Å². The number of aromatic nitrogens is 6. The highest BCUT2D eigenvalue weighted by atomic mass is 16.3. The summed E-state index contributed by atoms with van der Waals surface area (Å²) in [4.78, 5) is 66.2. The normalized spacial score (nSPS) is 23.2. The molecule has 11 rings (SSSR count). The van der Waals surface area contributed by atoms with Gasteiger partial charge in [0.05, 0.1) is 38.7 Å². The molecule has 0 aliphatic heterocycles. The maximum Gasteiger partial charge on any atom is 0.251 e. The van der Waals surface area contributed by atoms with Gasteiger partial charge in [-0.25, -0.2) is 15.0 Å². The molecular formula is C67H87N9O4. The van der Waals surface area contributed by atoms with Crippen molar-refractivity contribution in [3.05, 3.63) is 124 Å². The molecule has 80 heavy (non-hydrogen) atoms. The highest BCUT2D eigenvalue weighted by Crippen LogP contribution is 2.49. The molecule has 4 aliphatic carbocycles. The number of nitrogens with one attached hydrogen (secondary N) is 6. The second-order valence-corrected chi connectivity index (χ2v) is 25.9. The molecule has 4 fully saturated rings. The lowest BCUT2D eigenvalue weighted by Gasteiger charge is -2.44. The van der Waals surface area contributed by atoms with Crippen LogP contribution in [-0.4, -0.2) is 77.5 Å². The van der Waals surface area contributed by atoms with E-state index in [1.165, 1.54) is 76.2 Å². The summed E-state index contributed by atoms with van der Waals surface area (Å²) in [5.74, 6) is 4.47. The fraction of sp³-hybridized carbons (Fsp3) is 0.552. The Hall–Kier alpha value is -6.34. The first kappa shape index (κ1) is 55.6. The number of hydrogen-bond acceptors (Lipinski definition) is 7. The van der Waals surface area contributed by atoms with Crippen LogP contribution >= 0.6 is 0 Å². The fourth-order valence-corrected chi connectivity index (χ4v) is 14.4. The summed E-state index contributed by atoms with van der Waals surface area (Å²) in [5.41, 5.74) is 8.15. The first-order valence-corrected chi connectivity index (χ1v) is 30.9. The van der Waals surface area contributed by atoms with Crippen LogP contribution in [0.1, 0.15) is 222 Å². The van der Waals surface area contributed by atoms with Gasteiger partial charge >= 0.3 is 0 Å². The number of aromatic amines is 3. The molecule has 13 heteroatoms. The molecule has 6 atom stereocenters. The first-order chi connectivity index (χ1) is 38.7. The lowest BCUT2D eigenvalue weighted by atomic mass is 9.64. The Morgan fingerprint density at radius 2 is 1.24 bits per heavy atom. The van der Waals surface area contributed by atoms with Gasteiger partial charge in [0.2, 0.25) is 0 Å². The molecule has 3 amide bonds. The van der Waals surface area contributed by atoms with E-state index in [-0.39, 0.29) is 41.0 Å². The van der Waals surface area contributed by atoms with Crippen molar-refractivity contribution in [2.24, 2.45) is 29.6 Å². The summed E-state index contributed by atoms with van der Waals surface area (Å²) in [6, 6.07) is 26.3. The van der Waals surface area contributed by atoms with Crippen molar-refractivity contribution in [3.63, 3.8) is 0 Å². The van der Waals surface area contributed by atoms with E-state index in [1.807, 2.05) is 54.6 Å². The molecule has 0 radical (unpaired) electrons. The minimum atomic E-state index is -1.04. The second-order valence-electron chi connectivity index (χ2n) is 25.9. The summed E-state index contributed by atoms with van der Waals surface area (Å²) < 4.78 is 0. The Labute approximate surface area is 472 Å². The number of carbonyl (C=O) groups is 3. The van der Waals surface area contributed by atoms with Crippen LogP contribution in [0.2, 0.25) is 0 Å². The van der Waals surface area contributed by atoms with Crippen molar-refractivity contribution in [1.29, 1.82) is 0 Å². The van der Waals surface area contributed by atoms with Crippen LogP contribution in [0.25, 0.3) is 33.1 Å². The van der Waals surface area contributed by atoms with E-state index in [2.05, 4.69) is 82.9 Å². The lowest BCUT2D eigenvalue weighted by Crippen LogP contribution is -2.43. The monoisotopic (exact) mass is 1080 g/mol. The van der Waals surface area contributed by atoms with Crippen molar-refractivity contribution in [2.45, 2.75) is 192 Å². The highest BCUT2D eigenvalue weighted by Gasteiger charge is 2.44. The molecule has 4 aromatic carbocycles. The molecule has 0 spiro atoms. The second kappa shape index (κ2) is 24.4. The van der Waals surface area contributed by atoms with Gasteiger partial charge in [-0.1, -0.05) is 109 Å². The Morgan fingerprint density at radius 1 is 0.625 bits per heavy atom. The number of amides is 3. The minimum Gasteiger partial charge on any atom is -0.389 e. The maximum absolute atomic E-state index is 13.8. The zero-order chi connectivity index (χ0) is 55.4. The van der Waals surface area contributed by atoms with Crippen LogP contribution in [0, 0.1) is 29.6 Å². The predicted octanol–water partition coefficient (Wildman–Crippen LogP) is 13.5. The molecule has 5 unspecified atom stereocenters. The summed E-state index contributed by atoms with van der Waals surface area (Å²) in [6.45, 7) is 10.0. The Balaban J connectivity index is 0.805. The predicted molar refractivity (Wildman–Crippen MR) is 319 cm³/mol. The molecule has 4 aliphatic rings. The molecule has 3 aromatic heterocycles. The summed E-state index contributed by atoms with van der Waals surface area (Å²) >= 11 is 0. The zero-order valence-electron chi connectivity index (χ0n) is 48.0. The quantitative estimate of drug-likeness (QED) is 0.0441. The summed E-state index contributed by atoms with van der Waals surface area (Å²) in [7, 11) is 0. The lowest BCUT2D eigenvalue weighted by molar-refractivity contribution is -0.0389. The topological polar surface area (TPSA) is 194 Å². The molecule has 7 aromatic rings. The van der Waals surface area contributed by atoms with E-state index in [1.54, 1.807) is 0 Å². The van der Waals surface area contributed by atoms with Crippen LogP contribution in [0.15, 0.2) is 78.9 Å². The Kier molecular flexibility index (Phi) is 16.9. The number of H-pyrrole nitrogens is 3. The number of fused-ring (bicyclic) bond motifs is 3. The van der Waals surface area contributed by atoms with Crippen molar-refractivity contribution in [2.75, 3.05) is 13.1 Å². The Bertz CT molecular complexity index is 3280. The van der Waals surface area contributed by atoms with E-state index in [9.17, 15) is 19.5 Å². The van der Waals surface area contributed by atoms with E-state index in [0.717, 1.165) is 101 Å². The molecule has 7 N–H and O–H groups in total. The van der Waals surface area contributed by atoms with Crippen LogP contribution < -0.4 is 16.0 Å². The van der Waals surface area contributed by atoms with Gasteiger partial charge in [0.25, 0.3) is 17.7 Å². The van der Waals surface area contributed by atoms with Crippen molar-refractivity contribution in [1.82, 2.24) is 45.9 Å². The van der Waals surface area contributed by atoms with Crippen LogP contribution in [0.5, 0.6) is 0 Å². The molecule has 3 heterocycles. The van der Waals surface area contributed by atoms with E-state index < -0.39 is 5.60 Å². The van der Waals surface area contributed by atoms with Gasteiger partial charge in [-0.2, -0.15) is 0 Å². The van der Waals surface area contributed by atoms with Gasteiger partial charge in [-0.15, -0.1) is 0 Å². The number of rotatable bonds is 17. The van der Waals surface area contributed by atoms with Gasteiger partial charge in [0.1, 0.15) is 17.5 Å². The van der Waals surface area contributed by atoms with Crippen molar-refractivity contribution >= 4 is 50.8 Å². The smallest absolute Gasteiger partial charge is 0.251 e. The van der Waals surface area contributed by atoms with Gasteiger partial charge in [-0.05, 0) is 172 Å². The fourth-order valence-electron chi connectivity index (χ4n) is 14.4. The highest BCUT2D eigenvalue weighted by molar-refractivity contribution is 5.99. The van der Waals surface area contributed by atoms with Gasteiger partial charge in [0, 0.05) is 54.1 Å².